The van der Waals surface area contributed by atoms with E-state index in [0.29, 0.717) is 22.6 Å². The summed E-state index contributed by atoms with van der Waals surface area (Å²) in [4.78, 5) is 37.7. The number of urea groups is 1. The minimum absolute atomic E-state index is 0.117. The molecule has 0 aliphatic carbocycles. The van der Waals surface area contributed by atoms with Crippen LogP contribution in [0, 0.1) is 5.41 Å². The van der Waals surface area contributed by atoms with Gasteiger partial charge in [0.1, 0.15) is 39.5 Å². The van der Waals surface area contributed by atoms with Crippen LogP contribution in [0.15, 0.2) is 49.3 Å². The molecule has 14 heteroatoms. The van der Waals surface area contributed by atoms with E-state index in [1.54, 1.807) is 6.07 Å². The molecule has 2 fully saturated rings. The van der Waals surface area contributed by atoms with Gasteiger partial charge in [0.15, 0.2) is 0 Å². The van der Waals surface area contributed by atoms with Crippen molar-refractivity contribution in [3.63, 3.8) is 0 Å². The monoisotopic (exact) mass is 640 g/mol. The predicted molar refractivity (Wildman–Crippen MR) is 174 cm³/mol. The summed E-state index contributed by atoms with van der Waals surface area (Å²) in [5.74, 6) is 0.903. The first-order valence-electron chi connectivity index (χ1n) is 13.9. The lowest BCUT2D eigenvalue weighted by atomic mass is 9.72. The van der Waals surface area contributed by atoms with E-state index in [9.17, 15) is 9.59 Å². The lowest BCUT2D eigenvalue weighted by molar-refractivity contribution is -0.111. The Kier molecular flexibility index (Phi) is 9.33. The van der Waals surface area contributed by atoms with Crippen molar-refractivity contribution in [2.45, 2.75) is 12.8 Å². The summed E-state index contributed by atoms with van der Waals surface area (Å²) in [7, 11) is 4.42. The number of nitrogens with one attached hydrogen (secondary N) is 4. The van der Waals surface area contributed by atoms with Crippen molar-refractivity contribution in [2.75, 3.05) is 73.2 Å². The number of anilines is 6. The van der Waals surface area contributed by atoms with Gasteiger partial charge in [0.2, 0.25) is 5.91 Å². The second kappa shape index (κ2) is 13.2. The summed E-state index contributed by atoms with van der Waals surface area (Å²) in [5, 5.41) is 12.5. The highest BCUT2D eigenvalue weighted by atomic mass is 35.5. The highest BCUT2D eigenvalue weighted by Crippen LogP contribution is 2.45. The van der Waals surface area contributed by atoms with Gasteiger partial charge in [-0.1, -0.05) is 29.8 Å². The molecule has 0 bridgehead atoms. The second-order valence-corrected chi connectivity index (χ2v) is 11.4. The Balaban J connectivity index is 1.34. The SMILES string of the molecule is C=CC(=O)Nc1cc(N2CC3(CCNCC3)C2)ccc1Nc1cc(N(C)C(=O)Nc2c(Cl)c(OC)cc(OC)c2Cl)ncn1. The average molecular weight is 642 g/mol. The second-order valence-electron chi connectivity index (χ2n) is 10.7. The quantitative estimate of drug-likeness (QED) is 0.223. The molecule has 4 N–H and O–H groups in total. The molecule has 0 unspecified atom stereocenters. The van der Waals surface area contributed by atoms with E-state index >= 15 is 0 Å². The molecule has 2 saturated heterocycles. The number of methoxy groups -OCH3 is 2. The van der Waals surface area contributed by atoms with Crippen molar-refractivity contribution in [3.8, 4) is 11.5 Å². The van der Waals surface area contributed by atoms with E-state index in [0.717, 1.165) is 31.9 Å². The number of benzene rings is 2. The fourth-order valence-corrected chi connectivity index (χ4v) is 5.97. The van der Waals surface area contributed by atoms with Crippen LogP contribution in [0.1, 0.15) is 12.8 Å². The van der Waals surface area contributed by atoms with Crippen LogP contribution < -0.4 is 40.5 Å². The summed E-state index contributed by atoms with van der Waals surface area (Å²) in [5.41, 5.74) is 2.69. The van der Waals surface area contributed by atoms with Gasteiger partial charge in [0, 0.05) is 43.4 Å². The number of carbonyl (C=O) groups is 2. The lowest BCUT2D eigenvalue weighted by Crippen LogP contribution is -2.60. The molecule has 5 rings (SSSR count). The van der Waals surface area contributed by atoms with E-state index in [1.165, 1.54) is 57.5 Å². The minimum atomic E-state index is -0.571. The average Bonchev–Trinajstić information content (AvgIpc) is 3.02. The van der Waals surface area contributed by atoms with E-state index in [2.05, 4.69) is 42.7 Å². The Hall–Kier alpha value is -4.26. The summed E-state index contributed by atoms with van der Waals surface area (Å²) in [6.45, 7) is 7.64. The van der Waals surface area contributed by atoms with Crippen molar-refractivity contribution < 1.29 is 19.1 Å². The van der Waals surface area contributed by atoms with Gasteiger partial charge in [-0.2, -0.15) is 0 Å². The van der Waals surface area contributed by atoms with Crippen LogP contribution in [0.3, 0.4) is 0 Å². The smallest absolute Gasteiger partial charge is 0.327 e. The third-order valence-corrected chi connectivity index (χ3v) is 8.65. The Bertz CT molecular complexity index is 1540. The Morgan fingerprint density at radius 2 is 1.70 bits per heavy atom. The molecular formula is C30H34Cl2N8O4. The zero-order chi connectivity index (χ0) is 31.4. The number of halogens is 2. The zero-order valence-electron chi connectivity index (χ0n) is 24.7. The molecule has 3 amide bonds. The molecule has 0 saturated carbocycles. The molecule has 12 nitrogen and oxygen atoms in total. The van der Waals surface area contributed by atoms with E-state index < -0.39 is 6.03 Å². The number of carbonyl (C=O) groups excluding carboxylic acids is 2. The van der Waals surface area contributed by atoms with Crippen LogP contribution in [0.5, 0.6) is 11.5 Å². The summed E-state index contributed by atoms with van der Waals surface area (Å²) in [6.07, 6.45) is 4.88. The number of rotatable bonds is 9. The summed E-state index contributed by atoms with van der Waals surface area (Å²) < 4.78 is 10.6. The number of aromatic nitrogens is 2. The molecule has 2 aliphatic rings. The van der Waals surface area contributed by atoms with E-state index in [1.807, 2.05) is 18.2 Å². The van der Waals surface area contributed by atoms with Crippen molar-refractivity contribution in [1.82, 2.24) is 15.3 Å². The fraction of sp³-hybridized carbons (Fsp3) is 0.333. The van der Waals surface area contributed by atoms with Gasteiger partial charge in [-0.25, -0.2) is 14.8 Å². The van der Waals surface area contributed by atoms with Gasteiger partial charge in [-0.3, -0.25) is 9.69 Å². The molecular weight excluding hydrogens is 607 g/mol. The third-order valence-electron chi connectivity index (χ3n) is 7.90. The third kappa shape index (κ3) is 6.47. The predicted octanol–water partition coefficient (Wildman–Crippen LogP) is 5.53. The highest BCUT2D eigenvalue weighted by molar-refractivity contribution is 6.41. The van der Waals surface area contributed by atoms with Gasteiger partial charge < -0.3 is 35.6 Å². The summed E-state index contributed by atoms with van der Waals surface area (Å²) in [6, 6.07) is 8.39. The van der Waals surface area contributed by atoms with Crippen LogP contribution in [0.25, 0.3) is 0 Å². The van der Waals surface area contributed by atoms with Crippen LogP contribution in [-0.2, 0) is 4.79 Å². The topological polar surface area (TPSA) is 133 Å². The Morgan fingerprint density at radius 3 is 2.34 bits per heavy atom. The van der Waals surface area contributed by atoms with Crippen LogP contribution in [-0.4, -0.2) is 69.4 Å². The van der Waals surface area contributed by atoms with Gasteiger partial charge in [-0.15, -0.1) is 0 Å². The van der Waals surface area contributed by atoms with Gasteiger partial charge in [0.05, 0.1) is 31.3 Å². The maximum absolute atomic E-state index is 13.2. The molecule has 0 radical (unpaired) electrons. The largest absolute Gasteiger partial charge is 0.495 e. The van der Waals surface area contributed by atoms with Gasteiger partial charge >= 0.3 is 6.03 Å². The van der Waals surface area contributed by atoms with Gasteiger partial charge in [0.25, 0.3) is 0 Å². The number of ether oxygens (including phenoxy) is 2. The number of nitrogens with zero attached hydrogens (tertiary/aromatic N) is 4. The number of hydrogen-bond acceptors (Lipinski definition) is 9. The Labute approximate surface area is 265 Å². The molecule has 44 heavy (non-hydrogen) atoms. The molecule has 0 atom stereocenters. The molecule has 1 spiro atoms. The van der Waals surface area contributed by atoms with Gasteiger partial charge in [-0.05, 0) is 50.2 Å². The Morgan fingerprint density at radius 1 is 1.02 bits per heavy atom. The minimum Gasteiger partial charge on any atom is -0.495 e. The molecule has 2 aliphatic heterocycles. The van der Waals surface area contributed by atoms with Crippen molar-refractivity contribution in [3.05, 3.63) is 59.4 Å². The zero-order valence-corrected chi connectivity index (χ0v) is 26.2. The number of hydrogen-bond donors (Lipinski definition) is 4. The standard InChI is InChI=1S/C30H34Cl2N8O4/c1-5-25(41)37-20-12-18(40-15-30(16-40)8-10-33-11-9-30)6-7-19(20)36-23-14-24(35-17-34-23)39(2)29(42)38-28-26(31)21(43-3)13-22(44-4)27(28)32/h5-7,12-14,17,33H,1,8-11,15-16H2,2-4H3,(H,37,41)(H,38,42)(H,34,35,36). The van der Waals surface area contributed by atoms with Crippen LogP contribution >= 0.6 is 23.2 Å². The molecule has 3 heterocycles. The van der Waals surface area contributed by atoms with Crippen molar-refractivity contribution in [2.24, 2.45) is 5.41 Å². The first-order valence-corrected chi connectivity index (χ1v) is 14.7. The first-order chi connectivity index (χ1) is 21.2. The molecule has 1 aromatic heterocycles. The molecule has 232 valence electrons. The molecule has 3 aromatic rings. The fourth-order valence-electron chi connectivity index (χ4n) is 5.37. The maximum atomic E-state index is 13.2. The highest BCUT2D eigenvalue weighted by Gasteiger charge is 2.43. The number of piperidine rings is 1. The van der Waals surface area contributed by atoms with Crippen LogP contribution in [0.2, 0.25) is 10.0 Å². The maximum Gasteiger partial charge on any atom is 0.327 e. The molecule has 2 aromatic carbocycles. The van der Waals surface area contributed by atoms with E-state index in [4.69, 9.17) is 32.7 Å². The lowest BCUT2D eigenvalue weighted by Gasteiger charge is -2.53. The first kappa shape index (κ1) is 31.2. The van der Waals surface area contributed by atoms with Crippen molar-refractivity contribution in [1.29, 1.82) is 0 Å². The van der Waals surface area contributed by atoms with E-state index in [-0.39, 0.29) is 39.0 Å². The number of amides is 3. The van der Waals surface area contributed by atoms with Crippen LogP contribution in [0.4, 0.5) is 39.2 Å². The normalized spacial score (nSPS) is 15.2. The summed E-state index contributed by atoms with van der Waals surface area (Å²) >= 11 is 12.8. The van der Waals surface area contributed by atoms with Crippen molar-refractivity contribution >= 4 is 69.5 Å².